The van der Waals surface area contributed by atoms with Gasteiger partial charge in [0, 0.05) is 24.8 Å². The lowest BCUT2D eigenvalue weighted by molar-refractivity contribution is -0.0908. The van der Waals surface area contributed by atoms with Crippen molar-refractivity contribution < 1.29 is 13.2 Å². The molecule has 0 aromatic carbocycles. The Labute approximate surface area is 130 Å². The fourth-order valence-electron chi connectivity index (χ4n) is 2.53. The Hall–Kier alpha value is -1.09. The monoisotopic (exact) mass is 329 g/mol. The summed E-state index contributed by atoms with van der Waals surface area (Å²) in [5.74, 6) is 0. The second-order valence-corrected chi connectivity index (χ2v) is 7.79. The molecule has 0 amide bonds. The predicted molar refractivity (Wildman–Crippen MR) is 83.4 cm³/mol. The summed E-state index contributed by atoms with van der Waals surface area (Å²) in [7, 11) is -2.11. The average molecular weight is 329 g/mol. The summed E-state index contributed by atoms with van der Waals surface area (Å²) < 4.78 is 33.1. The van der Waals surface area contributed by atoms with Crippen molar-refractivity contribution in [1.29, 1.82) is 0 Å². The van der Waals surface area contributed by atoms with E-state index in [9.17, 15) is 8.42 Å². The van der Waals surface area contributed by atoms with Crippen LogP contribution in [0.25, 0.3) is 0 Å². The van der Waals surface area contributed by atoms with E-state index in [4.69, 9.17) is 22.7 Å². The molecule has 1 aliphatic rings. The van der Waals surface area contributed by atoms with Crippen LogP contribution in [0.5, 0.6) is 0 Å². The summed E-state index contributed by atoms with van der Waals surface area (Å²) >= 11 is 4.86. The molecule has 0 bridgehead atoms. The maximum Gasteiger partial charge on any atom is 0.243 e. The van der Waals surface area contributed by atoms with E-state index < -0.39 is 10.0 Å². The standard InChI is InChI=1S/C13H19N3O3S2/c1-13(2)9(7-10(13)19-3)16-21(17,18)8-5-4-6-15-11(8)12(14)20/h4-6,9-10,16H,7H2,1-3H3,(H2,14,20). The maximum absolute atomic E-state index is 12.5. The molecule has 0 radical (unpaired) electrons. The van der Waals surface area contributed by atoms with Crippen LogP contribution in [0.15, 0.2) is 23.2 Å². The van der Waals surface area contributed by atoms with Crippen LogP contribution in [0, 0.1) is 5.41 Å². The number of nitrogens with two attached hydrogens (primary N) is 1. The number of rotatable bonds is 5. The van der Waals surface area contributed by atoms with Crippen molar-refractivity contribution >= 4 is 27.2 Å². The van der Waals surface area contributed by atoms with Gasteiger partial charge in [0.25, 0.3) is 0 Å². The third-order valence-electron chi connectivity index (χ3n) is 4.05. The number of sulfonamides is 1. The normalized spacial score (nSPS) is 24.3. The minimum atomic E-state index is -3.73. The van der Waals surface area contributed by atoms with Crippen LogP contribution in [-0.2, 0) is 14.8 Å². The number of methoxy groups -OCH3 is 1. The van der Waals surface area contributed by atoms with Crippen molar-refractivity contribution in [3.05, 3.63) is 24.0 Å². The molecule has 0 spiro atoms. The van der Waals surface area contributed by atoms with E-state index in [0.717, 1.165) is 0 Å². The van der Waals surface area contributed by atoms with Crippen LogP contribution in [0.1, 0.15) is 26.0 Å². The van der Waals surface area contributed by atoms with Crippen LogP contribution < -0.4 is 10.5 Å². The van der Waals surface area contributed by atoms with Crippen LogP contribution in [0.3, 0.4) is 0 Å². The quantitative estimate of drug-likeness (QED) is 0.776. The zero-order valence-electron chi connectivity index (χ0n) is 12.2. The van der Waals surface area contributed by atoms with Crippen LogP contribution in [-0.4, -0.2) is 37.6 Å². The summed E-state index contributed by atoms with van der Waals surface area (Å²) in [5.41, 5.74) is 5.38. The SMILES string of the molecule is COC1CC(NS(=O)(=O)c2cccnc2C(N)=S)C1(C)C. The highest BCUT2D eigenvalue weighted by Gasteiger charge is 2.50. The fourth-order valence-corrected chi connectivity index (χ4v) is 4.33. The first-order chi connectivity index (χ1) is 9.70. The van der Waals surface area contributed by atoms with Gasteiger partial charge in [0.2, 0.25) is 10.0 Å². The van der Waals surface area contributed by atoms with Gasteiger partial charge < -0.3 is 10.5 Å². The number of ether oxygens (including phenoxy) is 1. The van der Waals surface area contributed by atoms with Gasteiger partial charge in [-0.05, 0) is 18.6 Å². The van der Waals surface area contributed by atoms with Crippen molar-refractivity contribution in [3.63, 3.8) is 0 Å². The van der Waals surface area contributed by atoms with Crippen molar-refractivity contribution in [2.24, 2.45) is 11.1 Å². The molecule has 1 fully saturated rings. The van der Waals surface area contributed by atoms with Gasteiger partial charge in [0.05, 0.1) is 6.10 Å². The molecule has 2 unspecified atom stereocenters. The molecule has 1 aromatic heterocycles. The number of hydrogen-bond acceptors (Lipinski definition) is 5. The number of hydrogen-bond donors (Lipinski definition) is 2. The van der Waals surface area contributed by atoms with Gasteiger partial charge in [-0.1, -0.05) is 26.1 Å². The molecule has 8 heteroatoms. The van der Waals surface area contributed by atoms with E-state index in [-0.39, 0.29) is 33.1 Å². The Kier molecular flexibility index (Phi) is 4.34. The summed E-state index contributed by atoms with van der Waals surface area (Å²) in [6.07, 6.45) is 2.13. The topological polar surface area (TPSA) is 94.3 Å². The second kappa shape index (κ2) is 5.60. The molecule has 2 atom stereocenters. The van der Waals surface area contributed by atoms with Gasteiger partial charge in [-0.25, -0.2) is 13.1 Å². The molecule has 1 aromatic rings. The Bertz CT molecular complexity index is 658. The highest BCUT2D eigenvalue weighted by molar-refractivity contribution is 7.89. The zero-order chi connectivity index (χ0) is 15.8. The zero-order valence-corrected chi connectivity index (χ0v) is 13.8. The predicted octanol–water partition coefficient (Wildman–Crippen LogP) is 0.808. The lowest BCUT2D eigenvalue weighted by atomic mass is 9.65. The molecule has 1 heterocycles. The molecule has 0 saturated heterocycles. The molecule has 2 rings (SSSR count). The van der Waals surface area contributed by atoms with E-state index >= 15 is 0 Å². The van der Waals surface area contributed by atoms with Gasteiger partial charge >= 0.3 is 0 Å². The van der Waals surface area contributed by atoms with E-state index in [1.54, 1.807) is 13.2 Å². The molecular weight excluding hydrogens is 310 g/mol. The van der Waals surface area contributed by atoms with Gasteiger partial charge in [0.15, 0.2) is 0 Å². The highest BCUT2D eigenvalue weighted by atomic mass is 32.2. The van der Waals surface area contributed by atoms with Gasteiger partial charge in [-0.3, -0.25) is 4.98 Å². The number of aromatic nitrogens is 1. The Morgan fingerprint density at radius 3 is 2.76 bits per heavy atom. The fraction of sp³-hybridized carbons (Fsp3) is 0.538. The lowest BCUT2D eigenvalue weighted by Crippen LogP contribution is -2.61. The van der Waals surface area contributed by atoms with E-state index in [0.29, 0.717) is 6.42 Å². The van der Waals surface area contributed by atoms with Crippen molar-refractivity contribution in [2.45, 2.75) is 37.3 Å². The molecule has 1 saturated carbocycles. The molecule has 6 nitrogen and oxygen atoms in total. The minimum absolute atomic E-state index is 0.00849. The van der Waals surface area contributed by atoms with E-state index in [1.165, 1.54) is 12.3 Å². The smallest absolute Gasteiger partial charge is 0.243 e. The highest BCUT2D eigenvalue weighted by Crippen LogP contribution is 2.43. The molecule has 21 heavy (non-hydrogen) atoms. The summed E-state index contributed by atoms with van der Waals surface area (Å²) in [4.78, 5) is 3.92. The first kappa shape index (κ1) is 16.3. The van der Waals surface area contributed by atoms with Gasteiger partial charge in [-0.2, -0.15) is 0 Å². The summed E-state index contributed by atoms with van der Waals surface area (Å²) in [5, 5.41) is 0. The molecule has 1 aliphatic carbocycles. The first-order valence-electron chi connectivity index (χ1n) is 6.50. The Morgan fingerprint density at radius 2 is 2.24 bits per heavy atom. The summed E-state index contributed by atoms with van der Waals surface area (Å²) in [6.45, 7) is 3.94. The number of thiocarbonyl (C=S) groups is 1. The van der Waals surface area contributed by atoms with Gasteiger partial charge in [0.1, 0.15) is 15.6 Å². The molecule has 0 aliphatic heterocycles. The van der Waals surface area contributed by atoms with E-state index in [1.807, 2.05) is 13.8 Å². The largest absolute Gasteiger partial charge is 0.388 e. The first-order valence-corrected chi connectivity index (χ1v) is 8.39. The summed E-state index contributed by atoms with van der Waals surface area (Å²) in [6, 6.07) is 2.79. The van der Waals surface area contributed by atoms with Crippen molar-refractivity contribution in [3.8, 4) is 0 Å². The molecule has 116 valence electrons. The third kappa shape index (κ3) is 2.94. The maximum atomic E-state index is 12.5. The van der Waals surface area contributed by atoms with Crippen molar-refractivity contribution in [1.82, 2.24) is 9.71 Å². The van der Waals surface area contributed by atoms with E-state index in [2.05, 4.69) is 9.71 Å². The Balaban J connectivity index is 2.27. The van der Waals surface area contributed by atoms with Crippen LogP contribution in [0.4, 0.5) is 0 Å². The number of nitrogens with one attached hydrogen (secondary N) is 1. The van der Waals surface area contributed by atoms with Crippen LogP contribution in [0.2, 0.25) is 0 Å². The number of pyridine rings is 1. The number of nitrogens with zero attached hydrogens (tertiary/aromatic N) is 1. The molecular formula is C13H19N3O3S2. The lowest BCUT2D eigenvalue weighted by Gasteiger charge is -2.50. The Morgan fingerprint density at radius 1 is 1.57 bits per heavy atom. The molecule has 3 N–H and O–H groups in total. The average Bonchev–Trinajstić information content (AvgIpc) is 2.43. The second-order valence-electron chi connectivity index (χ2n) is 5.67. The van der Waals surface area contributed by atoms with Gasteiger partial charge in [-0.15, -0.1) is 0 Å². The minimum Gasteiger partial charge on any atom is -0.388 e. The van der Waals surface area contributed by atoms with Crippen LogP contribution >= 0.6 is 12.2 Å². The third-order valence-corrected chi connectivity index (χ3v) is 5.75. The van der Waals surface area contributed by atoms with Crippen molar-refractivity contribution in [2.75, 3.05) is 7.11 Å².